The maximum atomic E-state index is 6.57. The predicted octanol–water partition coefficient (Wildman–Crippen LogP) is 2.93. The molecule has 0 radical (unpaired) electrons. The lowest BCUT2D eigenvalue weighted by Crippen LogP contribution is -1.64. The normalized spacial score (nSPS) is 8.89. The molecule has 0 amide bonds. The molecule has 0 aliphatic rings. The van der Waals surface area contributed by atoms with Crippen molar-refractivity contribution in [1.29, 1.82) is 0 Å². The summed E-state index contributed by atoms with van der Waals surface area (Å²) in [5, 5.41) is 1.99. The summed E-state index contributed by atoms with van der Waals surface area (Å²) in [4.78, 5) is 4.38. The lowest BCUT2D eigenvalue weighted by molar-refractivity contribution is 1.34. The molecule has 0 atom stereocenters. The van der Waals surface area contributed by atoms with Crippen LogP contribution in [0.15, 0.2) is 15.9 Å². The first-order valence-electron chi connectivity index (χ1n) is 2.39. The largest absolute Gasteiger partial charge is 0.311 e. The van der Waals surface area contributed by atoms with E-state index in [1.807, 2.05) is 11.4 Å². The Morgan fingerprint density at radius 3 is 3.00 bits per heavy atom. The number of hydrogen-bond acceptors (Lipinski definition) is 1. The van der Waals surface area contributed by atoms with Gasteiger partial charge in [-0.05, 0) is 22.0 Å². The zero-order valence-electron chi connectivity index (χ0n) is 4.60. The van der Waals surface area contributed by atoms with Gasteiger partial charge in [0, 0.05) is 9.85 Å². The molecule has 0 spiro atoms. The van der Waals surface area contributed by atoms with Crippen molar-refractivity contribution >= 4 is 27.3 Å². The van der Waals surface area contributed by atoms with Gasteiger partial charge in [0.25, 0.3) is 0 Å². The quantitative estimate of drug-likeness (QED) is 0.616. The summed E-state index contributed by atoms with van der Waals surface area (Å²) in [5.74, 6) is 0. The molecule has 3 heteroatoms. The van der Waals surface area contributed by atoms with Gasteiger partial charge in [-0.2, -0.15) is 0 Å². The molecular formula is C6H4BrNS. The lowest BCUT2D eigenvalue weighted by Gasteiger charge is -1.75. The molecule has 0 saturated carbocycles. The van der Waals surface area contributed by atoms with E-state index in [1.165, 1.54) is 0 Å². The minimum absolute atomic E-state index is 0.510. The van der Waals surface area contributed by atoms with Crippen LogP contribution < -0.4 is 0 Å². The van der Waals surface area contributed by atoms with Gasteiger partial charge in [0.15, 0.2) is 0 Å². The minimum Gasteiger partial charge on any atom is -0.311 e. The van der Waals surface area contributed by atoms with Gasteiger partial charge in [0.2, 0.25) is 6.54 Å². The third-order valence-corrected chi connectivity index (χ3v) is 2.54. The molecule has 0 saturated heterocycles. The average Bonchev–Trinajstić information content (AvgIpc) is 2.17. The molecule has 0 bridgehead atoms. The first-order valence-corrected chi connectivity index (χ1v) is 4.06. The van der Waals surface area contributed by atoms with E-state index in [0.717, 1.165) is 9.35 Å². The zero-order chi connectivity index (χ0) is 6.69. The highest BCUT2D eigenvalue weighted by molar-refractivity contribution is 9.10. The number of rotatable bonds is 1. The first kappa shape index (κ1) is 6.79. The maximum Gasteiger partial charge on any atom is 0.248 e. The number of halogens is 1. The number of hydrogen-bond donors (Lipinski definition) is 0. The third kappa shape index (κ3) is 1.81. The molecule has 9 heavy (non-hydrogen) atoms. The van der Waals surface area contributed by atoms with Crippen molar-refractivity contribution in [3.8, 4) is 0 Å². The van der Waals surface area contributed by atoms with Crippen LogP contribution in [-0.2, 0) is 6.54 Å². The van der Waals surface area contributed by atoms with Crippen LogP contribution in [0.25, 0.3) is 4.85 Å². The van der Waals surface area contributed by atoms with E-state index in [1.54, 1.807) is 11.3 Å². The summed E-state index contributed by atoms with van der Waals surface area (Å²) in [6.45, 7) is 7.08. The van der Waals surface area contributed by atoms with Crippen LogP contribution in [0.3, 0.4) is 0 Å². The van der Waals surface area contributed by atoms with E-state index in [0.29, 0.717) is 6.54 Å². The highest BCUT2D eigenvalue weighted by atomic mass is 79.9. The van der Waals surface area contributed by atoms with Gasteiger partial charge < -0.3 is 4.85 Å². The van der Waals surface area contributed by atoms with Gasteiger partial charge in [0.05, 0.1) is 4.88 Å². The molecule has 0 aromatic carbocycles. The third-order valence-electron chi connectivity index (χ3n) is 0.857. The lowest BCUT2D eigenvalue weighted by atomic mass is 10.5. The van der Waals surface area contributed by atoms with Crippen LogP contribution in [0.5, 0.6) is 0 Å². The summed E-state index contributed by atoms with van der Waals surface area (Å²) in [7, 11) is 0. The highest BCUT2D eigenvalue weighted by Gasteiger charge is 1.96. The van der Waals surface area contributed by atoms with Crippen molar-refractivity contribution in [3.63, 3.8) is 0 Å². The van der Waals surface area contributed by atoms with Crippen molar-refractivity contribution in [3.05, 3.63) is 32.2 Å². The molecule has 0 fully saturated rings. The van der Waals surface area contributed by atoms with Gasteiger partial charge in [-0.15, -0.1) is 11.3 Å². The Kier molecular flexibility index (Phi) is 2.26. The predicted molar refractivity (Wildman–Crippen MR) is 42.3 cm³/mol. The second-order valence-corrected chi connectivity index (χ2v) is 3.46. The molecule has 0 aliphatic carbocycles. The second-order valence-electron chi connectivity index (χ2n) is 1.55. The van der Waals surface area contributed by atoms with Crippen molar-refractivity contribution in [1.82, 2.24) is 0 Å². The van der Waals surface area contributed by atoms with Gasteiger partial charge in [-0.25, -0.2) is 6.57 Å². The average molecular weight is 202 g/mol. The smallest absolute Gasteiger partial charge is 0.248 e. The first-order chi connectivity index (χ1) is 4.33. The Labute approximate surface area is 66.3 Å². The molecule has 1 rings (SSSR count). The fourth-order valence-electron chi connectivity index (χ4n) is 0.515. The Morgan fingerprint density at radius 1 is 1.78 bits per heavy atom. The summed E-state index contributed by atoms with van der Waals surface area (Å²) in [5.41, 5.74) is 0. The maximum absolute atomic E-state index is 6.57. The summed E-state index contributed by atoms with van der Waals surface area (Å²) in [6.07, 6.45) is 0. The van der Waals surface area contributed by atoms with Crippen molar-refractivity contribution in [2.45, 2.75) is 6.54 Å². The van der Waals surface area contributed by atoms with E-state index in [-0.39, 0.29) is 0 Å². The van der Waals surface area contributed by atoms with Crippen LogP contribution in [0.4, 0.5) is 0 Å². The molecule has 0 unspecified atom stereocenters. The van der Waals surface area contributed by atoms with Crippen molar-refractivity contribution in [2.24, 2.45) is 0 Å². The molecule has 1 nitrogen and oxygen atoms in total. The minimum atomic E-state index is 0.510. The molecular weight excluding hydrogens is 198 g/mol. The molecule has 46 valence electrons. The number of thiophene rings is 1. The molecule has 0 N–H and O–H groups in total. The Balaban J connectivity index is 2.76. The zero-order valence-corrected chi connectivity index (χ0v) is 7.00. The highest BCUT2D eigenvalue weighted by Crippen LogP contribution is 2.19. The fourth-order valence-corrected chi connectivity index (χ4v) is 1.89. The van der Waals surface area contributed by atoms with Gasteiger partial charge in [-0.3, -0.25) is 0 Å². The van der Waals surface area contributed by atoms with Crippen LogP contribution in [0.2, 0.25) is 0 Å². The van der Waals surface area contributed by atoms with E-state index >= 15 is 0 Å². The van der Waals surface area contributed by atoms with Crippen LogP contribution in [0.1, 0.15) is 4.88 Å². The van der Waals surface area contributed by atoms with E-state index in [4.69, 9.17) is 6.57 Å². The SMILES string of the molecule is [C-]#[N+]Cc1cc(Br)cs1. The van der Waals surface area contributed by atoms with Crippen molar-refractivity contribution < 1.29 is 0 Å². The van der Waals surface area contributed by atoms with Gasteiger partial charge in [-0.1, -0.05) is 0 Å². The Hall–Kier alpha value is -0.330. The van der Waals surface area contributed by atoms with E-state index in [9.17, 15) is 0 Å². The summed E-state index contributed by atoms with van der Waals surface area (Å²) < 4.78 is 1.08. The molecule has 1 aromatic rings. The Morgan fingerprint density at radius 2 is 2.56 bits per heavy atom. The number of nitrogens with zero attached hydrogens (tertiary/aromatic N) is 1. The van der Waals surface area contributed by atoms with Crippen LogP contribution >= 0.6 is 27.3 Å². The fraction of sp³-hybridized carbons (Fsp3) is 0.167. The molecule has 0 aliphatic heterocycles. The van der Waals surface area contributed by atoms with Gasteiger partial charge >= 0.3 is 0 Å². The van der Waals surface area contributed by atoms with Crippen LogP contribution in [0, 0.1) is 6.57 Å². The van der Waals surface area contributed by atoms with Crippen molar-refractivity contribution in [2.75, 3.05) is 0 Å². The van der Waals surface area contributed by atoms with E-state index in [2.05, 4.69) is 20.8 Å². The molecule has 1 aromatic heterocycles. The molecule has 1 heterocycles. The Bertz CT molecular complexity index is 235. The topological polar surface area (TPSA) is 4.36 Å². The summed E-state index contributed by atoms with van der Waals surface area (Å²) >= 11 is 4.92. The second kappa shape index (κ2) is 3.00. The van der Waals surface area contributed by atoms with Crippen LogP contribution in [-0.4, -0.2) is 0 Å². The summed E-state index contributed by atoms with van der Waals surface area (Å²) in [6, 6.07) is 1.97. The van der Waals surface area contributed by atoms with E-state index < -0.39 is 0 Å². The van der Waals surface area contributed by atoms with Gasteiger partial charge in [0.1, 0.15) is 0 Å². The monoisotopic (exact) mass is 201 g/mol. The standard InChI is InChI=1S/C6H4BrNS/c1-8-3-6-2-5(7)4-9-6/h2,4H,3H2.